The van der Waals surface area contributed by atoms with Crippen LogP contribution in [0.4, 0.5) is 19.0 Å². The lowest BCUT2D eigenvalue weighted by atomic mass is 10.1. The molecule has 0 aliphatic carbocycles. The molecule has 0 atom stereocenters. The van der Waals surface area contributed by atoms with Crippen molar-refractivity contribution >= 4 is 22.6 Å². The summed E-state index contributed by atoms with van der Waals surface area (Å²) in [6, 6.07) is 12.5. The van der Waals surface area contributed by atoms with E-state index in [9.17, 15) is 18.0 Å². The van der Waals surface area contributed by atoms with Gasteiger partial charge in [-0.15, -0.1) is 0 Å². The summed E-state index contributed by atoms with van der Waals surface area (Å²) in [5.41, 5.74) is 1.77. The number of hydrogen-bond acceptors (Lipinski definition) is 7. The number of hydrogen-bond donors (Lipinski definition) is 0. The van der Waals surface area contributed by atoms with Gasteiger partial charge >= 0.3 is 12.1 Å². The molecule has 1 fully saturated rings. The Kier molecular flexibility index (Phi) is 5.15. The number of rotatable bonds is 3. The van der Waals surface area contributed by atoms with Gasteiger partial charge in [0.2, 0.25) is 5.82 Å². The van der Waals surface area contributed by atoms with Crippen molar-refractivity contribution in [2.75, 3.05) is 31.1 Å². The van der Waals surface area contributed by atoms with Crippen LogP contribution in [-0.2, 0) is 6.18 Å². The number of carbonyl (C=O) groups is 1. The Morgan fingerprint density at radius 3 is 2.52 bits per heavy atom. The summed E-state index contributed by atoms with van der Waals surface area (Å²) >= 11 is 0. The molecule has 1 aliphatic heterocycles. The number of anilines is 1. The molecule has 0 bridgehead atoms. The van der Waals surface area contributed by atoms with E-state index in [4.69, 9.17) is 0 Å². The minimum Gasteiger partial charge on any atom is -0.353 e. The second-order valence-corrected chi connectivity index (χ2v) is 7.52. The van der Waals surface area contributed by atoms with Crippen molar-refractivity contribution in [1.29, 1.82) is 0 Å². The van der Waals surface area contributed by atoms with Crippen LogP contribution in [0.5, 0.6) is 0 Å². The highest BCUT2D eigenvalue weighted by atomic mass is 19.4. The molecular formula is C22H17F3N6O2. The summed E-state index contributed by atoms with van der Waals surface area (Å²) in [6.07, 6.45) is -1.58. The molecule has 1 aliphatic rings. The lowest BCUT2D eigenvalue weighted by Gasteiger charge is -2.35. The van der Waals surface area contributed by atoms with E-state index < -0.39 is 12.1 Å². The van der Waals surface area contributed by atoms with E-state index in [0.717, 1.165) is 10.9 Å². The third kappa shape index (κ3) is 4.21. The molecule has 0 saturated carbocycles. The lowest BCUT2D eigenvalue weighted by molar-refractivity contribution is -0.159. The van der Waals surface area contributed by atoms with Crippen LogP contribution in [0.3, 0.4) is 0 Å². The van der Waals surface area contributed by atoms with Crippen LogP contribution >= 0.6 is 0 Å². The zero-order valence-electron chi connectivity index (χ0n) is 17.2. The molecular weight excluding hydrogens is 437 g/mol. The number of halogens is 3. The molecule has 168 valence electrons. The Morgan fingerprint density at radius 2 is 1.82 bits per heavy atom. The van der Waals surface area contributed by atoms with Gasteiger partial charge in [-0.05, 0) is 36.4 Å². The Bertz CT molecular complexity index is 1300. The Morgan fingerprint density at radius 1 is 1.00 bits per heavy atom. The molecule has 8 nitrogen and oxygen atoms in total. The predicted molar refractivity (Wildman–Crippen MR) is 112 cm³/mol. The number of aromatic nitrogens is 4. The number of benzene rings is 1. The number of alkyl halides is 3. The van der Waals surface area contributed by atoms with Gasteiger partial charge in [0.15, 0.2) is 0 Å². The first-order chi connectivity index (χ1) is 15.9. The second kappa shape index (κ2) is 8.15. The Hall–Kier alpha value is -4.02. The fourth-order valence-corrected chi connectivity index (χ4v) is 3.69. The van der Waals surface area contributed by atoms with Gasteiger partial charge in [0.25, 0.3) is 5.91 Å². The topological polar surface area (TPSA) is 88.3 Å². The van der Waals surface area contributed by atoms with E-state index in [1.54, 1.807) is 29.3 Å². The van der Waals surface area contributed by atoms with Crippen molar-refractivity contribution < 1.29 is 22.5 Å². The highest BCUT2D eigenvalue weighted by Crippen LogP contribution is 2.29. The zero-order valence-corrected chi connectivity index (χ0v) is 17.2. The fraction of sp³-hybridized carbons (Fsp3) is 0.227. The summed E-state index contributed by atoms with van der Waals surface area (Å²) in [6.45, 7) is 2.20. The molecule has 4 aromatic rings. The number of pyridine rings is 2. The highest BCUT2D eigenvalue weighted by Gasteiger charge is 2.38. The van der Waals surface area contributed by atoms with Crippen molar-refractivity contribution in [2.45, 2.75) is 6.18 Å². The maximum Gasteiger partial charge on any atom is 0.471 e. The van der Waals surface area contributed by atoms with E-state index in [0.29, 0.717) is 43.1 Å². The second-order valence-electron chi connectivity index (χ2n) is 7.52. The molecule has 1 saturated heterocycles. The molecule has 0 unspecified atom stereocenters. The maximum absolute atomic E-state index is 12.9. The number of carbonyl (C=O) groups excluding carboxylic acids is 1. The Balaban J connectivity index is 1.23. The van der Waals surface area contributed by atoms with Gasteiger partial charge in [0, 0.05) is 55.1 Å². The summed E-state index contributed by atoms with van der Waals surface area (Å²) in [7, 11) is 0. The van der Waals surface area contributed by atoms with Crippen LogP contribution in [-0.4, -0.2) is 57.1 Å². The number of amides is 1. The van der Waals surface area contributed by atoms with Crippen molar-refractivity contribution in [2.24, 2.45) is 0 Å². The van der Waals surface area contributed by atoms with Gasteiger partial charge in [-0.2, -0.15) is 18.2 Å². The van der Waals surface area contributed by atoms with Crippen molar-refractivity contribution in [3.05, 3.63) is 66.3 Å². The third-order valence-electron chi connectivity index (χ3n) is 5.42. The van der Waals surface area contributed by atoms with E-state index >= 15 is 0 Å². The zero-order chi connectivity index (χ0) is 23.0. The standard InChI is InChI=1S/C22H17F3N6O2/c23-22(24,25)21-28-19(29-33-21)16-4-6-18(27-13-16)30-8-10-31(11-9-30)20(32)15-3-5-17-14(12-15)2-1-7-26-17/h1-7,12-13H,8-11H2. The largest absolute Gasteiger partial charge is 0.471 e. The summed E-state index contributed by atoms with van der Waals surface area (Å²) < 4.78 is 42.2. The molecule has 1 amide bonds. The van der Waals surface area contributed by atoms with Gasteiger partial charge in [0.1, 0.15) is 5.82 Å². The number of nitrogens with zero attached hydrogens (tertiary/aromatic N) is 6. The molecule has 4 heterocycles. The smallest absolute Gasteiger partial charge is 0.353 e. The summed E-state index contributed by atoms with van der Waals surface area (Å²) in [5, 5.41) is 4.28. The van der Waals surface area contributed by atoms with Crippen molar-refractivity contribution in [1.82, 2.24) is 25.0 Å². The highest BCUT2D eigenvalue weighted by molar-refractivity contribution is 5.98. The van der Waals surface area contributed by atoms with Gasteiger partial charge in [-0.1, -0.05) is 11.2 Å². The number of fused-ring (bicyclic) bond motifs is 1. The Labute approximate surface area is 185 Å². The van der Waals surface area contributed by atoms with Crippen LogP contribution in [0.1, 0.15) is 16.2 Å². The lowest BCUT2D eigenvalue weighted by Crippen LogP contribution is -2.49. The SMILES string of the molecule is O=C(c1ccc2ncccc2c1)N1CCN(c2ccc(-c3noc(C(F)(F)F)n3)cn2)CC1. The van der Waals surface area contributed by atoms with Crippen LogP contribution in [0.25, 0.3) is 22.3 Å². The molecule has 33 heavy (non-hydrogen) atoms. The molecule has 11 heteroatoms. The first kappa shape index (κ1) is 20.9. The summed E-state index contributed by atoms with van der Waals surface area (Å²) in [5.74, 6) is -0.962. The van der Waals surface area contributed by atoms with Gasteiger partial charge in [-0.25, -0.2) is 4.98 Å². The van der Waals surface area contributed by atoms with Gasteiger partial charge in [0.05, 0.1) is 5.52 Å². The minimum atomic E-state index is -4.69. The first-order valence-electron chi connectivity index (χ1n) is 10.1. The predicted octanol–water partition coefficient (Wildman–Crippen LogP) is 3.66. The van der Waals surface area contributed by atoms with E-state index in [2.05, 4.69) is 24.6 Å². The van der Waals surface area contributed by atoms with Crippen LogP contribution in [0, 0.1) is 0 Å². The van der Waals surface area contributed by atoms with Gasteiger partial charge in [-0.3, -0.25) is 9.78 Å². The third-order valence-corrected chi connectivity index (χ3v) is 5.42. The van der Waals surface area contributed by atoms with Crippen LogP contribution < -0.4 is 4.90 Å². The quantitative estimate of drug-likeness (QED) is 0.467. The first-order valence-corrected chi connectivity index (χ1v) is 10.1. The fourth-order valence-electron chi connectivity index (χ4n) is 3.69. The van der Waals surface area contributed by atoms with Crippen molar-refractivity contribution in [3.63, 3.8) is 0 Å². The average molecular weight is 454 g/mol. The maximum atomic E-state index is 12.9. The molecule has 0 spiro atoms. The normalized spacial score (nSPS) is 14.6. The molecule has 5 rings (SSSR count). The van der Waals surface area contributed by atoms with Gasteiger partial charge < -0.3 is 14.3 Å². The van der Waals surface area contributed by atoms with E-state index in [1.807, 2.05) is 29.2 Å². The summed E-state index contributed by atoms with van der Waals surface area (Å²) in [4.78, 5) is 28.7. The average Bonchev–Trinajstić information content (AvgIpc) is 3.35. The van der Waals surface area contributed by atoms with Crippen LogP contribution in [0.2, 0.25) is 0 Å². The minimum absolute atomic E-state index is 0.0405. The van der Waals surface area contributed by atoms with Crippen molar-refractivity contribution in [3.8, 4) is 11.4 Å². The molecule has 1 aromatic carbocycles. The van der Waals surface area contributed by atoms with E-state index in [-0.39, 0.29) is 11.7 Å². The molecule has 0 N–H and O–H groups in total. The van der Waals surface area contributed by atoms with E-state index in [1.165, 1.54) is 6.20 Å². The monoisotopic (exact) mass is 454 g/mol. The number of piperazine rings is 1. The molecule has 3 aromatic heterocycles. The van der Waals surface area contributed by atoms with Crippen LogP contribution in [0.15, 0.2) is 59.4 Å². The molecule has 0 radical (unpaired) electrons.